The standard InChI is InChI=1S/C13H10F3N7O/c1-24-8-4-2-7(3-5-8)23-11(20-21-22-23)9-6-18-12(17)19-10(9)13(14,15)16/h2-6H,1H3,(H2,17,18,19). The Morgan fingerprint density at radius 3 is 2.50 bits per heavy atom. The Labute approximate surface area is 133 Å². The van der Waals surface area contributed by atoms with Crippen LogP contribution in [-0.2, 0) is 6.18 Å². The van der Waals surface area contributed by atoms with Crippen LogP contribution in [0.3, 0.4) is 0 Å². The monoisotopic (exact) mass is 337 g/mol. The van der Waals surface area contributed by atoms with E-state index in [-0.39, 0.29) is 11.4 Å². The van der Waals surface area contributed by atoms with Gasteiger partial charge in [-0.1, -0.05) is 0 Å². The lowest BCUT2D eigenvalue weighted by Gasteiger charge is -2.11. The Hall–Kier alpha value is -3.24. The van der Waals surface area contributed by atoms with Gasteiger partial charge in [0.2, 0.25) is 5.95 Å². The van der Waals surface area contributed by atoms with Crippen molar-refractivity contribution in [2.45, 2.75) is 6.18 Å². The number of methoxy groups -OCH3 is 1. The zero-order valence-corrected chi connectivity index (χ0v) is 12.2. The summed E-state index contributed by atoms with van der Waals surface area (Å²) >= 11 is 0. The van der Waals surface area contributed by atoms with Crippen molar-refractivity contribution in [1.82, 2.24) is 30.2 Å². The van der Waals surface area contributed by atoms with Gasteiger partial charge >= 0.3 is 6.18 Å². The first kappa shape index (κ1) is 15.6. The van der Waals surface area contributed by atoms with Gasteiger partial charge in [-0.05, 0) is 34.7 Å². The van der Waals surface area contributed by atoms with Crippen LogP contribution in [0.1, 0.15) is 5.69 Å². The number of nitrogens with two attached hydrogens (primary N) is 1. The molecule has 0 fully saturated rings. The zero-order valence-electron chi connectivity index (χ0n) is 12.2. The number of tetrazole rings is 1. The largest absolute Gasteiger partial charge is 0.497 e. The van der Waals surface area contributed by atoms with Crippen LogP contribution in [0, 0.1) is 0 Å². The van der Waals surface area contributed by atoms with Crippen LogP contribution in [-0.4, -0.2) is 37.3 Å². The van der Waals surface area contributed by atoms with E-state index in [0.717, 1.165) is 10.9 Å². The van der Waals surface area contributed by atoms with Crippen LogP contribution in [0.2, 0.25) is 0 Å². The SMILES string of the molecule is COc1ccc(-n2nnnc2-c2cnc(N)nc2C(F)(F)F)cc1. The number of hydrogen-bond acceptors (Lipinski definition) is 7. The molecule has 0 saturated carbocycles. The van der Waals surface area contributed by atoms with E-state index in [9.17, 15) is 13.2 Å². The molecule has 0 unspecified atom stereocenters. The number of ether oxygens (including phenoxy) is 1. The molecule has 0 atom stereocenters. The number of anilines is 1. The lowest BCUT2D eigenvalue weighted by molar-refractivity contribution is -0.140. The van der Waals surface area contributed by atoms with E-state index in [1.807, 2.05) is 0 Å². The number of halogens is 3. The Morgan fingerprint density at radius 2 is 1.88 bits per heavy atom. The van der Waals surface area contributed by atoms with E-state index < -0.39 is 17.8 Å². The third kappa shape index (κ3) is 2.83. The van der Waals surface area contributed by atoms with Crippen LogP contribution >= 0.6 is 0 Å². The van der Waals surface area contributed by atoms with Gasteiger partial charge in [0, 0.05) is 6.20 Å². The molecular formula is C13H10F3N7O. The van der Waals surface area contributed by atoms with Crippen molar-refractivity contribution in [3.05, 3.63) is 36.2 Å². The van der Waals surface area contributed by atoms with Gasteiger partial charge in [-0.3, -0.25) is 0 Å². The lowest BCUT2D eigenvalue weighted by atomic mass is 10.2. The second-order valence-corrected chi connectivity index (χ2v) is 4.60. The number of nitrogen functional groups attached to an aromatic ring is 1. The van der Waals surface area contributed by atoms with Gasteiger partial charge in [0.25, 0.3) is 0 Å². The second-order valence-electron chi connectivity index (χ2n) is 4.60. The summed E-state index contributed by atoms with van der Waals surface area (Å²) in [4.78, 5) is 6.88. The minimum atomic E-state index is -4.73. The molecule has 0 aliphatic carbocycles. The first-order valence-electron chi connectivity index (χ1n) is 6.53. The van der Waals surface area contributed by atoms with Gasteiger partial charge in [-0.25, -0.2) is 9.97 Å². The highest BCUT2D eigenvalue weighted by molar-refractivity contribution is 5.60. The zero-order chi connectivity index (χ0) is 17.3. The van der Waals surface area contributed by atoms with Crippen molar-refractivity contribution < 1.29 is 17.9 Å². The summed E-state index contributed by atoms with van der Waals surface area (Å²) < 4.78 is 45.8. The molecule has 11 heteroatoms. The fourth-order valence-electron chi connectivity index (χ4n) is 2.03. The van der Waals surface area contributed by atoms with Gasteiger partial charge in [0.15, 0.2) is 11.5 Å². The lowest BCUT2D eigenvalue weighted by Crippen LogP contribution is -2.14. The maximum absolute atomic E-state index is 13.2. The molecule has 0 saturated heterocycles. The third-order valence-corrected chi connectivity index (χ3v) is 3.10. The van der Waals surface area contributed by atoms with Gasteiger partial charge in [0.05, 0.1) is 18.4 Å². The van der Waals surface area contributed by atoms with Gasteiger partial charge < -0.3 is 10.5 Å². The van der Waals surface area contributed by atoms with Crippen LogP contribution in [0.25, 0.3) is 17.1 Å². The molecule has 1 aromatic carbocycles. The minimum absolute atomic E-state index is 0.160. The second kappa shape index (κ2) is 5.76. The van der Waals surface area contributed by atoms with Crippen molar-refractivity contribution >= 4 is 5.95 Å². The minimum Gasteiger partial charge on any atom is -0.497 e. The number of benzene rings is 1. The molecule has 0 spiro atoms. The Balaban J connectivity index is 2.14. The number of aromatic nitrogens is 6. The van der Waals surface area contributed by atoms with Gasteiger partial charge in [-0.15, -0.1) is 5.10 Å². The van der Waals surface area contributed by atoms with Gasteiger partial charge in [0.1, 0.15) is 5.75 Å². The number of hydrogen-bond donors (Lipinski definition) is 1. The van der Waals surface area contributed by atoms with Crippen molar-refractivity contribution in [2.24, 2.45) is 0 Å². The van der Waals surface area contributed by atoms with E-state index in [1.54, 1.807) is 24.3 Å². The third-order valence-electron chi connectivity index (χ3n) is 3.10. The number of rotatable bonds is 3. The number of nitrogens with zero attached hydrogens (tertiary/aromatic N) is 6. The van der Waals surface area contributed by atoms with E-state index >= 15 is 0 Å². The molecule has 0 bridgehead atoms. The average molecular weight is 337 g/mol. The Morgan fingerprint density at radius 1 is 1.17 bits per heavy atom. The molecule has 8 nitrogen and oxygen atoms in total. The van der Waals surface area contributed by atoms with Crippen molar-refractivity contribution in [3.8, 4) is 22.8 Å². The van der Waals surface area contributed by atoms with E-state index in [4.69, 9.17) is 10.5 Å². The predicted octanol–water partition coefficient (Wildman–Crippen LogP) is 1.73. The first-order valence-corrected chi connectivity index (χ1v) is 6.53. The molecule has 2 N–H and O–H groups in total. The summed E-state index contributed by atoms with van der Waals surface area (Å²) in [6.07, 6.45) is -3.79. The summed E-state index contributed by atoms with van der Waals surface area (Å²) in [5.74, 6) is -0.0674. The normalized spacial score (nSPS) is 11.5. The molecule has 0 aliphatic heterocycles. The van der Waals surface area contributed by atoms with Crippen LogP contribution in [0.5, 0.6) is 5.75 Å². The molecule has 3 rings (SSSR count). The summed E-state index contributed by atoms with van der Waals surface area (Å²) in [7, 11) is 1.50. The van der Waals surface area contributed by atoms with Crippen LogP contribution < -0.4 is 10.5 Å². The molecule has 24 heavy (non-hydrogen) atoms. The molecule has 124 valence electrons. The number of alkyl halides is 3. The molecule has 3 aromatic rings. The molecular weight excluding hydrogens is 327 g/mol. The van der Waals surface area contributed by atoms with E-state index in [2.05, 4.69) is 25.5 Å². The summed E-state index contributed by atoms with van der Waals surface area (Å²) in [5, 5.41) is 10.8. The van der Waals surface area contributed by atoms with Gasteiger partial charge in [-0.2, -0.15) is 17.9 Å². The maximum atomic E-state index is 13.2. The van der Waals surface area contributed by atoms with Crippen LogP contribution in [0.15, 0.2) is 30.5 Å². The Bertz CT molecular complexity index is 861. The molecule has 2 aromatic heterocycles. The molecule has 2 heterocycles. The molecule has 0 amide bonds. The van der Waals surface area contributed by atoms with Crippen molar-refractivity contribution in [2.75, 3.05) is 12.8 Å². The maximum Gasteiger partial charge on any atom is 0.434 e. The highest BCUT2D eigenvalue weighted by Crippen LogP contribution is 2.35. The quantitative estimate of drug-likeness (QED) is 0.776. The Kier molecular flexibility index (Phi) is 3.75. The molecule has 0 aliphatic rings. The fraction of sp³-hybridized carbons (Fsp3) is 0.154. The average Bonchev–Trinajstić information content (AvgIpc) is 3.03. The van der Waals surface area contributed by atoms with Crippen molar-refractivity contribution in [3.63, 3.8) is 0 Å². The predicted molar refractivity (Wildman–Crippen MR) is 76.1 cm³/mol. The fourth-order valence-corrected chi connectivity index (χ4v) is 2.03. The molecule has 0 radical (unpaired) electrons. The smallest absolute Gasteiger partial charge is 0.434 e. The van der Waals surface area contributed by atoms with E-state index in [1.165, 1.54) is 7.11 Å². The van der Waals surface area contributed by atoms with Crippen molar-refractivity contribution in [1.29, 1.82) is 0 Å². The summed E-state index contributed by atoms with van der Waals surface area (Å²) in [6, 6.07) is 6.46. The van der Waals surface area contributed by atoms with Crippen LogP contribution in [0.4, 0.5) is 19.1 Å². The highest BCUT2D eigenvalue weighted by Gasteiger charge is 2.38. The summed E-state index contributed by atoms with van der Waals surface area (Å²) in [5.41, 5.74) is 4.12. The topological polar surface area (TPSA) is 105 Å². The van der Waals surface area contributed by atoms with E-state index in [0.29, 0.717) is 11.4 Å². The summed E-state index contributed by atoms with van der Waals surface area (Å²) in [6.45, 7) is 0. The highest BCUT2D eigenvalue weighted by atomic mass is 19.4. The first-order chi connectivity index (χ1) is 11.4.